The van der Waals surface area contributed by atoms with Gasteiger partial charge in [-0.2, -0.15) is 8.78 Å². The lowest BCUT2D eigenvalue weighted by Gasteiger charge is -2.18. The Hall–Kier alpha value is -2.63. The fourth-order valence-electron chi connectivity index (χ4n) is 2.11. The molecule has 0 saturated heterocycles. The maximum absolute atomic E-state index is 12.3. The van der Waals surface area contributed by atoms with Gasteiger partial charge in [0.1, 0.15) is 18.1 Å². The third kappa shape index (κ3) is 5.22. The summed E-state index contributed by atoms with van der Waals surface area (Å²) in [6, 6.07) is 13.3. The zero-order valence-electron chi connectivity index (χ0n) is 13.5. The fourth-order valence-corrected chi connectivity index (χ4v) is 2.11. The molecular weight excluding hydrogens is 316 g/mol. The minimum Gasteiger partial charge on any atom is -0.492 e. The van der Waals surface area contributed by atoms with Gasteiger partial charge in [0.25, 0.3) is 5.91 Å². The van der Waals surface area contributed by atoms with Gasteiger partial charge in [0.2, 0.25) is 0 Å². The molecule has 0 bridgehead atoms. The molecule has 6 heteroatoms. The number of benzene rings is 2. The van der Waals surface area contributed by atoms with Crippen molar-refractivity contribution in [3.63, 3.8) is 0 Å². The van der Waals surface area contributed by atoms with Crippen LogP contribution in [0.5, 0.6) is 11.5 Å². The summed E-state index contributed by atoms with van der Waals surface area (Å²) in [4.78, 5) is 13.8. The third-order valence-electron chi connectivity index (χ3n) is 3.36. The topological polar surface area (TPSA) is 38.8 Å². The molecule has 0 aliphatic rings. The number of halogens is 2. The largest absolute Gasteiger partial charge is 0.492 e. The van der Waals surface area contributed by atoms with E-state index in [9.17, 15) is 13.6 Å². The van der Waals surface area contributed by atoms with E-state index in [4.69, 9.17) is 4.74 Å². The van der Waals surface area contributed by atoms with Crippen molar-refractivity contribution in [3.05, 3.63) is 59.7 Å². The van der Waals surface area contributed by atoms with Crippen LogP contribution in [0.4, 0.5) is 8.78 Å². The van der Waals surface area contributed by atoms with Gasteiger partial charge in [0.05, 0.1) is 6.54 Å². The highest BCUT2D eigenvalue weighted by Gasteiger charge is 2.12. The molecule has 0 heterocycles. The number of rotatable bonds is 7. The van der Waals surface area contributed by atoms with Crippen molar-refractivity contribution in [2.75, 3.05) is 20.2 Å². The summed E-state index contributed by atoms with van der Waals surface area (Å²) in [5, 5.41) is 0. The molecule has 2 aromatic rings. The van der Waals surface area contributed by atoms with Crippen molar-refractivity contribution in [2.45, 2.75) is 13.5 Å². The van der Waals surface area contributed by atoms with E-state index in [1.165, 1.54) is 29.2 Å². The predicted molar refractivity (Wildman–Crippen MR) is 86.7 cm³/mol. The molecule has 0 atom stereocenters. The number of nitrogens with zero attached hydrogens (tertiary/aromatic N) is 1. The summed E-state index contributed by atoms with van der Waals surface area (Å²) in [5.41, 5.74) is 1.50. The number of hydrogen-bond acceptors (Lipinski definition) is 3. The number of likely N-dealkylation sites (N-methyl/N-ethyl adjacent to an activating group) is 1. The van der Waals surface area contributed by atoms with Crippen LogP contribution in [0.25, 0.3) is 0 Å². The van der Waals surface area contributed by atoms with E-state index in [1.807, 2.05) is 31.2 Å². The van der Waals surface area contributed by atoms with Gasteiger partial charge in [-0.15, -0.1) is 0 Å². The summed E-state index contributed by atoms with van der Waals surface area (Å²) >= 11 is 0. The first-order chi connectivity index (χ1) is 11.5. The highest BCUT2D eigenvalue weighted by Crippen LogP contribution is 2.16. The van der Waals surface area contributed by atoms with Crippen LogP contribution in [-0.4, -0.2) is 37.6 Å². The van der Waals surface area contributed by atoms with Crippen molar-refractivity contribution in [1.29, 1.82) is 0 Å². The first-order valence-corrected chi connectivity index (χ1v) is 7.45. The van der Waals surface area contributed by atoms with Gasteiger partial charge in [-0.05, 0) is 48.9 Å². The van der Waals surface area contributed by atoms with Gasteiger partial charge in [-0.3, -0.25) is 4.79 Å². The standard InChI is InChI=1S/C18H19F2NO3/c1-13-4-3-5-16(12-13)23-11-10-21(2)17(22)14-6-8-15(9-7-14)24-18(19)20/h3-9,12,18H,10-11H2,1-2H3. The number of aryl methyl sites for hydroxylation is 1. The van der Waals surface area contributed by atoms with Gasteiger partial charge in [0, 0.05) is 12.6 Å². The molecule has 2 aromatic carbocycles. The number of carbonyl (C=O) groups is 1. The van der Waals surface area contributed by atoms with Gasteiger partial charge >= 0.3 is 6.61 Å². The first-order valence-electron chi connectivity index (χ1n) is 7.45. The Bertz CT molecular complexity index is 674. The Labute approximate surface area is 139 Å². The van der Waals surface area contributed by atoms with Gasteiger partial charge in [-0.1, -0.05) is 12.1 Å². The molecule has 0 unspecified atom stereocenters. The van der Waals surface area contributed by atoms with E-state index in [2.05, 4.69) is 4.74 Å². The summed E-state index contributed by atoms with van der Waals surface area (Å²) in [6.45, 7) is -0.141. The minimum atomic E-state index is -2.88. The van der Waals surface area contributed by atoms with E-state index >= 15 is 0 Å². The van der Waals surface area contributed by atoms with Crippen LogP contribution in [0.1, 0.15) is 15.9 Å². The maximum Gasteiger partial charge on any atom is 0.387 e. The maximum atomic E-state index is 12.3. The first kappa shape index (κ1) is 17.7. The second-order valence-electron chi connectivity index (χ2n) is 5.29. The Morgan fingerprint density at radius 3 is 2.46 bits per heavy atom. The fraction of sp³-hybridized carbons (Fsp3) is 0.278. The highest BCUT2D eigenvalue weighted by atomic mass is 19.3. The quantitative estimate of drug-likeness (QED) is 0.773. The van der Waals surface area contributed by atoms with Gasteiger partial charge in [0.15, 0.2) is 0 Å². The Kier molecular flexibility index (Phi) is 6.12. The van der Waals surface area contributed by atoms with Crippen molar-refractivity contribution in [3.8, 4) is 11.5 Å². The number of ether oxygens (including phenoxy) is 2. The van der Waals surface area contributed by atoms with E-state index in [0.29, 0.717) is 18.7 Å². The molecule has 128 valence electrons. The van der Waals surface area contributed by atoms with Crippen LogP contribution in [0.15, 0.2) is 48.5 Å². The van der Waals surface area contributed by atoms with Gasteiger partial charge in [-0.25, -0.2) is 0 Å². The van der Waals surface area contributed by atoms with Crippen LogP contribution in [0.2, 0.25) is 0 Å². The Morgan fingerprint density at radius 1 is 1.12 bits per heavy atom. The molecule has 0 saturated carbocycles. The number of amides is 1. The summed E-state index contributed by atoms with van der Waals surface area (Å²) in [7, 11) is 1.66. The monoisotopic (exact) mass is 335 g/mol. The zero-order valence-corrected chi connectivity index (χ0v) is 13.5. The molecule has 0 N–H and O–H groups in total. The second kappa shape index (κ2) is 8.29. The van der Waals surface area contributed by atoms with E-state index < -0.39 is 6.61 Å². The molecule has 0 radical (unpaired) electrons. The Morgan fingerprint density at radius 2 is 1.83 bits per heavy atom. The number of carbonyl (C=O) groups excluding carboxylic acids is 1. The van der Waals surface area contributed by atoms with Crippen molar-refractivity contribution in [1.82, 2.24) is 4.90 Å². The normalized spacial score (nSPS) is 10.5. The van der Waals surface area contributed by atoms with Crippen molar-refractivity contribution in [2.24, 2.45) is 0 Å². The van der Waals surface area contributed by atoms with Crippen molar-refractivity contribution < 1.29 is 23.0 Å². The van der Waals surface area contributed by atoms with Crippen LogP contribution < -0.4 is 9.47 Å². The average Bonchev–Trinajstić information content (AvgIpc) is 2.54. The highest BCUT2D eigenvalue weighted by molar-refractivity contribution is 5.94. The van der Waals surface area contributed by atoms with E-state index in [0.717, 1.165) is 11.3 Å². The lowest BCUT2D eigenvalue weighted by molar-refractivity contribution is -0.0498. The summed E-state index contributed by atoms with van der Waals surface area (Å²) in [6.07, 6.45) is 0. The molecule has 24 heavy (non-hydrogen) atoms. The molecule has 0 aliphatic carbocycles. The van der Waals surface area contributed by atoms with E-state index in [1.54, 1.807) is 7.05 Å². The van der Waals surface area contributed by atoms with Crippen LogP contribution in [0, 0.1) is 6.92 Å². The smallest absolute Gasteiger partial charge is 0.387 e. The van der Waals surface area contributed by atoms with Crippen LogP contribution >= 0.6 is 0 Å². The summed E-state index contributed by atoms with van der Waals surface area (Å²) < 4.78 is 34.1. The zero-order chi connectivity index (χ0) is 17.5. The number of alkyl halides is 2. The molecule has 0 aliphatic heterocycles. The molecule has 2 rings (SSSR count). The molecule has 0 fully saturated rings. The number of hydrogen-bond donors (Lipinski definition) is 0. The van der Waals surface area contributed by atoms with Crippen molar-refractivity contribution >= 4 is 5.91 Å². The minimum absolute atomic E-state index is 0.0204. The second-order valence-corrected chi connectivity index (χ2v) is 5.29. The summed E-state index contributed by atoms with van der Waals surface area (Å²) in [5.74, 6) is 0.558. The average molecular weight is 335 g/mol. The Balaban J connectivity index is 1.85. The molecular formula is C18H19F2NO3. The molecule has 0 aromatic heterocycles. The lowest BCUT2D eigenvalue weighted by Crippen LogP contribution is -2.30. The van der Waals surface area contributed by atoms with E-state index in [-0.39, 0.29) is 11.7 Å². The van der Waals surface area contributed by atoms with Crippen LogP contribution in [-0.2, 0) is 0 Å². The lowest BCUT2D eigenvalue weighted by atomic mass is 10.2. The molecule has 0 spiro atoms. The third-order valence-corrected chi connectivity index (χ3v) is 3.36. The van der Waals surface area contributed by atoms with Gasteiger partial charge < -0.3 is 14.4 Å². The predicted octanol–water partition coefficient (Wildman–Crippen LogP) is 3.75. The van der Waals surface area contributed by atoms with Crippen LogP contribution in [0.3, 0.4) is 0 Å². The molecule has 4 nitrogen and oxygen atoms in total. The SMILES string of the molecule is Cc1cccc(OCCN(C)C(=O)c2ccc(OC(F)F)cc2)c1. The molecule has 1 amide bonds.